The number of benzene rings is 1. The van der Waals surface area contributed by atoms with E-state index < -0.39 is 0 Å². The molecule has 3 rings (SSSR count). The Balaban J connectivity index is 2.15. The number of nitrogens with zero attached hydrogens (tertiary/aromatic N) is 2. The Morgan fingerprint density at radius 1 is 1.08 bits per heavy atom. The third kappa shape index (κ3) is 3.15. The number of carbonyl (C=O) groups is 1. The third-order valence-corrected chi connectivity index (χ3v) is 4.61. The Morgan fingerprint density at radius 3 is 2.35 bits per heavy atom. The smallest absolute Gasteiger partial charge is 0.317 e. The summed E-state index contributed by atoms with van der Waals surface area (Å²) in [5.41, 5.74) is 1.32. The summed E-state index contributed by atoms with van der Waals surface area (Å²) in [6.45, 7) is 2.25. The van der Waals surface area contributed by atoms with Crippen molar-refractivity contribution >= 4 is 27.3 Å². The molecule has 0 saturated heterocycles. The predicted molar refractivity (Wildman–Crippen MR) is 98.1 cm³/mol. The molecule has 0 unspecified atom stereocenters. The van der Waals surface area contributed by atoms with E-state index in [2.05, 4.69) is 9.97 Å². The number of ether oxygens (including phenoxy) is 4. The average Bonchev–Trinajstić information content (AvgIpc) is 3.14. The molecule has 3 aromatic rings. The van der Waals surface area contributed by atoms with E-state index in [4.69, 9.17) is 18.9 Å². The molecule has 0 aliphatic carbocycles. The Labute approximate surface area is 154 Å². The maximum absolute atomic E-state index is 13.2. The number of methoxy groups -OCH3 is 3. The zero-order valence-electron chi connectivity index (χ0n) is 14.9. The Bertz CT molecular complexity index is 929. The highest BCUT2D eigenvalue weighted by Crippen LogP contribution is 2.39. The average molecular weight is 374 g/mol. The van der Waals surface area contributed by atoms with Gasteiger partial charge in [0, 0.05) is 5.56 Å². The molecule has 0 bridgehead atoms. The molecule has 0 fully saturated rings. The molecule has 0 saturated carbocycles. The van der Waals surface area contributed by atoms with Crippen LogP contribution in [0, 0.1) is 0 Å². The van der Waals surface area contributed by atoms with E-state index in [1.54, 1.807) is 12.1 Å². The van der Waals surface area contributed by atoms with Crippen molar-refractivity contribution in [3.63, 3.8) is 0 Å². The lowest BCUT2D eigenvalue weighted by Crippen LogP contribution is -2.09. The van der Waals surface area contributed by atoms with Gasteiger partial charge in [0.25, 0.3) is 0 Å². The zero-order chi connectivity index (χ0) is 18.7. The number of hydrogen-bond acceptors (Lipinski definition) is 8. The van der Waals surface area contributed by atoms with Crippen LogP contribution < -0.4 is 18.9 Å². The van der Waals surface area contributed by atoms with Crippen molar-refractivity contribution in [2.75, 3.05) is 27.9 Å². The van der Waals surface area contributed by atoms with Gasteiger partial charge in [-0.3, -0.25) is 4.79 Å². The molecule has 2 heterocycles. The van der Waals surface area contributed by atoms with Crippen LogP contribution in [0.2, 0.25) is 0 Å². The van der Waals surface area contributed by atoms with Crippen molar-refractivity contribution < 1.29 is 23.7 Å². The molecule has 0 N–H and O–H groups in total. The zero-order valence-corrected chi connectivity index (χ0v) is 15.7. The molecular formula is C18H18N2O5S. The first-order valence-corrected chi connectivity index (χ1v) is 8.73. The van der Waals surface area contributed by atoms with Gasteiger partial charge in [-0.25, -0.2) is 0 Å². The van der Waals surface area contributed by atoms with Gasteiger partial charge >= 0.3 is 6.01 Å². The second-order valence-electron chi connectivity index (χ2n) is 5.17. The van der Waals surface area contributed by atoms with Crippen LogP contribution in [-0.4, -0.2) is 43.7 Å². The van der Waals surface area contributed by atoms with Gasteiger partial charge in [0.2, 0.25) is 11.5 Å². The van der Waals surface area contributed by atoms with Gasteiger partial charge in [-0.05, 0) is 30.5 Å². The number of fused-ring (bicyclic) bond motifs is 1. The molecule has 0 amide bonds. The summed E-state index contributed by atoms with van der Waals surface area (Å²) < 4.78 is 22.1. The first kappa shape index (κ1) is 17.9. The van der Waals surface area contributed by atoms with Gasteiger partial charge in [0.05, 0.1) is 38.2 Å². The van der Waals surface area contributed by atoms with Crippen LogP contribution in [0.4, 0.5) is 0 Å². The minimum atomic E-state index is -0.278. The van der Waals surface area contributed by atoms with Gasteiger partial charge in [-0.2, -0.15) is 9.97 Å². The summed E-state index contributed by atoms with van der Waals surface area (Å²) in [5.74, 6) is 0.944. The van der Waals surface area contributed by atoms with E-state index in [0.29, 0.717) is 39.6 Å². The van der Waals surface area contributed by atoms with E-state index in [-0.39, 0.29) is 17.5 Å². The minimum Gasteiger partial charge on any atom is -0.493 e. The van der Waals surface area contributed by atoms with Crippen molar-refractivity contribution in [3.8, 4) is 23.3 Å². The topological polar surface area (TPSA) is 79.8 Å². The van der Waals surface area contributed by atoms with Gasteiger partial charge in [0.1, 0.15) is 5.69 Å². The van der Waals surface area contributed by atoms with Crippen molar-refractivity contribution in [2.24, 2.45) is 0 Å². The fourth-order valence-electron chi connectivity index (χ4n) is 2.54. The van der Waals surface area contributed by atoms with Crippen LogP contribution in [-0.2, 0) is 0 Å². The summed E-state index contributed by atoms with van der Waals surface area (Å²) in [5, 5.41) is 1.86. The van der Waals surface area contributed by atoms with E-state index in [0.717, 1.165) is 0 Å². The Kier molecular flexibility index (Phi) is 5.22. The van der Waals surface area contributed by atoms with Crippen LogP contribution in [0.1, 0.15) is 23.0 Å². The molecule has 2 aromatic heterocycles. The van der Waals surface area contributed by atoms with Crippen LogP contribution in [0.25, 0.3) is 10.2 Å². The monoisotopic (exact) mass is 374 g/mol. The highest BCUT2D eigenvalue weighted by molar-refractivity contribution is 7.17. The first-order valence-electron chi connectivity index (χ1n) is 7.85. The molecule has 26 heavy (non-hydrogen) atoms. The fraction of sp³-hybridized carbons (Fsp3) is 0.278. The molecule has 0 spiro atoms. The summed E-state index contributed by atoms with van der Waals surface area (Å²) in [4.78, 5) is 21.8. The quantitative estimate of drug-likeness (QED) is 0.587. The summed E-state index contributed by atoms with van der Waals surface area (Å²) >= 11 is 1.40. The highest BCUT2D eigenvalue weighted by atomic mass is 32.1. The van der Waals surface area contributed by atoms with Crippen molar-refractivity contribution in [1.29, 1.82) is 0 Å². The molecule has 7 nitrogen and oxygen atoms in total. The molecular weight excluding hydrogens is 356 g/mol. The number of thiophene rings is 1. The van der Waals surface area contributed by atoms with Crippen LogP contribution in [0.3, 0.4) is 0 Å². The fourth-order valence-corrected chi connectivity index (χ4v) is 3.36. The van der Waals surface area contributed by atoms with Crippen molar-refractivity contribution in [2.45, 2.75) is 6.92 Å². The van der Waals surface area contributed by atoms with Gasteiger partial charge in [-0.15, -0.1) is 11.3 Å². The standard InChI is InChI=1S/C18H18N2O5S/c1-5-25-18-19-11-6-7-26-17(11)14(20-18)15(21)10-8-12(22-2)16(24-4)13(9-10)23-3/h6-9H,5H2,1-4H3. The number of carbonyl (C=O) groups excluding carboxylic acids is 1. The molecule has 0 radical (unpaired) electrons. The summed E-state index contributed by atoms with van der Waals surface area (Å²) in [6.07, 6.45) is 0. The summed E-state index contributed by atoms with van der Waals surface area (Å²) in [7, 11) is 4.51. The first-order chi connectivity index (χ1) is 12.6. The maximum Gasteiger partial charge on any atom is 0.317 e. The van der Waals surface area contributed by atoms with E-state index >= 15 is 0 Å². The second kappa shape index (κ2) is 7.57. The highest BCUT2D eigenvalue weighted by Gasteiger charge is 2.22. The van der Waals surface area contributed by atoms with E-state index in [1.165, 1.54) is 32.7 Å². The molecule has 1 aromatic carbocycles. The predicted octanol–water partition coefficient (Wildman–Crippen LogP) is 3.35. The largest absolute Gasteiger partial charge is 0.493 e. The van der Waals surface area contributed by atoms with Crippen LogP contribution in [0.15, 0.2) is 23.6 Å². The SMILES string of the molecule is CCOc1nc(C(=O)c2cc(OC)c(OC)c(OC)c2)c2sccc2n1. The molecule has 0 atom stereocenters. The minimum absolute atomic E-state index is 0.175. The van der Waals surface area contributed by atoms with Gasteiger partial charge < -0.3 is 18.9 Å². The molecule has 136 valence electrons. The molecule has 0 aliphatic heterocycles. The number of ketones is 1. The van der Waals surface area contributed by atoms with Gasteiger partial charge in [-0.1, -0.05) is 0 Å². The van der Waals surface area contributed by atoms with Crippen LogP contribution >= 0.6 is 11.3 Å². The number of hydrogen-bond donors (Lipinski definition) is 0. The van der Waals surface area contributed by atoms with Gasteiger partial charge in [0.15, 0.2) is 11.5 Å². The lowest BCUT2D eigenvalue weighted by molar-refractivity contribution is 0.103. The Morgan fingerprint density at radius 2 is 1.77 bits per heavy atom. The summed E-state index contributed by atoms with van der Waals surface area (Å²) in [6, 6.07) is 5.21. The Hall–Kier alpha value is -2.87. The third-order valence-electron chi connectivity index (χ3n) is 3.70. The van der Waals surface area contributed by atoms with Crippen molar-refractivity contribution in [3.05, 3.63) is 34.8 Å². The lowest BCUT2D eigenvalue weighted by Gasteiger charge is -2.14. The van der Waals surface area contributed by atoms with Crippen LogP contribution in [0.5, 0.6) is 23.3 Å². The molecule has 8 heteroatoms. The number of rotatable bonds is 7. The van der Waals surface area contributed by atoms with Crippen molar-refractivity contribution in [1.82, 2.24) is 9.97 Å². The number of aromatic nitrogens is 2. The lowest BCUT2D eigenvalue weighted by atomic mass is 10.1. The normalized spacial score (nSPS) is 10.6. The molecule has 0 aliphatic rings. The second-order valence-corrected chi connectivity index (χ2v) is 6.08. The maximum atomic E-state index is 13.2. The van der Waals surface area contributed by atoms with E-state index in [1.807, 2.05) is 18.4 Å². The van der Waals surface area contributed by atoms with E-state index in [9.17, 15) is 4.79 Å².